The topological polar surface area (TPSA) is 103 Å². The average Bonchev–Trinajstić information content (AvgIpc) is 2.48. The van der Waals surface area contributed by atoms with Crippen LogP contribution in [0.25, 0.3) is 0 Å². The largest absolute Gasteiger partial charge is 0.423 e. The molecule has 0 radical (unpaired) electrons. The monoisotopic (exact) mass is 296 g/mol. The van der Waals surface area contributed by atoms with Crippen LogP contribution in [-0.2, 0) is 0 Å². The number of aryl methyl sites for hydroxylation is 1. The number of hydrogen-bond donors (Lipinski definition) is 2. The molecule has 4 N–H and O–H groups in total. The lowest BCUT2D eigenvalue weighted by atomic mass is 10.1. The molecule has 6 nitrogen and oxygen atoms in total. The van der Waals surface area contributed by atoms with E-state index >= 15 is 0 Å². The van der Waals surface area contributed by atoms with Gasteiger partial charge in [0.1, 0.15) is 5.75 Å². The minimum Gasteiger partial charge on any atom is -0.423 e. The van der Waals surface area contributed by atoms with Crippen LogP contribution in [0.4, 0.5) is 0 Å². The van der Waals surface area contributed by atoms with Gasteiger partial charge in [0.15, 0.2) is 0 Å². The lowest BCUT2D eigenvalue weighted by molar-refractivity contribution is 0.0734. The number of benzene rings is 2. The number of hydrogen-bond acceptors (Lipinski definition) is 4. The van der Waals surface area contributed by atoms with Crippen molar-refractivity contribution in [2.45, 2.75) is 6.92 Å². The summed E-state index contributed by atoms with van der Waals surface area (Å²) in [5.41, 5.74) is 12.6. The molecule has 0 saturated carbocycles. The molecule has 2 aromatic rings. The summed E-state index contributed by atoms with van der Waals surface area (Å²) in [6.07, 6.45) is 1.49. The first kappa shape index (κ1) is 15.2. The number of ether oxygens (including phenoxy) is 1. The van der Waals surface area contributed by atoms with E-state index in [4.69, 9.17) is 16.2 Å². The smallest absolute Gasteiger partial charge is 0.343 e. The van der Waals surface area contributed by atoms with Crippen molar-refractivity contribution in [1.29, 1.82) is 0 Å². The van der Waals surface area contributed by atoms with Gasteiger partial charge in [0.05, 0.1) is 11.8 Å². The molecule has 0 aliphatic rings. The van der Waals surface area contributed by atoms with Crippen LogP contribution in [0.1, 0.15) is 21.5 Å². The Morgan fingerprint density at radius 2 is 1.86 bits per heavy atom. The van der Waals surface area contributed by atoms with E-state index in [2.05, 4.69) is 10.2 Å². The second-order valence-corrected chi connectivity index (χ2v) is 4.60. The molecule has 2 aromatic carbocycles. The Morgan fingerprint density at radius 1 is 1.14 bits per heavy atom. The highest BCUT2D eigenvalue weighted by Gasteiger charge is 2.08. The number of guanidine groups is 1. The first-order valence-electron chi connectivity index (χ1n) is 6.55. The van der Waals surface area contributed by atoms with Gasteiger partial charge in [-0.15, -0.1) is 5.10 Å². The molecule has 0 aromatic heterocycles. The number of nitrogens with zero attached hydrogens (tertiary/aromatic N) is 2. The minimum absolute atomic E-state index is 0.111. The summed E-state index contributed by atoms with van der Waals surface area (Å²) in [4.78, 5) is 12.0. The van der Waals surface area contributed by atoms with Crippen molar-refractivity contribution in [3.05, 3.63) is 65.2 Å². The van der Waals surface area contributed by atoms with E-state index in [1.165, 1.54) is 6.21 Å². The Kier molecular flexibility index (Phi) is 4.87. The Hall–Kier alpha value is -3.15. The van der Waals surface area contributed by atoms with Gasteiger partial charge < -0.3 is 16.2 Å². The van der Waals surface area contributed by atoms with Crippen LogP contribution in [0.5, 0.6) is 5.75 Å². The molecule has 0 unspecified atom stereocenters. The predicted molar refractivity (Wildman–Crippen MR) is 86.0 cm³/mol. The number of esters is 1. The SMILES string of the molecule is Cc1cccc(C(=O)Oc2ccc(/C=N/N=C(N)N)cc2)c1. The van der Waals surface area contributed by atoms with Crippen LogP contribution in [-0.4, -0.2) is 18.1 Å². The van der Waals surface area contributed by atoms with E-state index in [1.807, 2.05) is 19.1 Å². The Bertz CT molecular complexity index is 717. The van der Waals surface area contributed by atoms with Gasteiger partial charge in [-0.1, -0.05) is 17.7 Å². The third-order valence-corrected chi connectivity index (χ3v) is 2.72. The third-order valence-electron chi connectivity index (χ3n) is 2.72. The molecule has 0 spiro atoms. The highest BCUT2D eigenvalue weighted by atomic mass is 16.5. The van der Waals surface area contributed by atoms with Gasteiger partial charge in [0.25, 0.3) is 0 Å². The molecule has 0 amide bonds. The standard InChI is InChI=1S/C16H16N4O2/c1-11-3-2-4-13(9-11)15(21)22-14-7-5-12(6-8-14)10-19-20-16(17)18/h2-10H,1H3,(H4,17,18,20)/b19-10+. The molecule has 112 valence electrons. The van der Waals surface area contributed by atoms with Crippen LogP contribution >= 0.6 is 0 Å². The van der Waals surface area contributed by atoms with Gasteiger partial charge in [-0.3, -0.25) is 0 Å². The second-order valence-electron chi connectivity index (χ2n) is 4.60. The van der Waals surface area contributed by atoms with Crippen LogP contribution in [0.3, 0.4) is 0 Å². The maximum Gasteiger partial charge on any atom is 0.343 e. The number of rotatable bonds is 4. The third kappa shape index (κ3) is 4.45. The zero-order chi connectivity index (χ0) is 15.9. The van der Waals surface area contributed by atoms with Gasteiger partial charge in [0.2, 0.25) is 5.96 Å². The van der Waals surface area contributed by atoms with Crippen LogP contribution < -0.4 is 16.2 Å². The maximum atomic E-state index is 12.0. The molecule has 0 aliphatic heterocycles. The van der Waals surface area contributed by atoms with Gasteiger partial charge in [-0.2, -0.15) is 5.10 Å². The van der Waals surface area contributed by atoms with Crippen LogP contribution in [0, 0.1) is 6.92 Å². The lowest BCUT2D eigenvalue weighted by Gasteiger charge is -2.05. The molecule has 2 rings (SSSR count). The van der Waals surface area contributed by atoms with Crippen molar-refractivity contribution in [1.82, 2.24) is 0 Å². The van der Waals surface area contributed by atoms with E-state index in [0.717, 1.165) is 11.1 Å². The van der Waals surface area contributed by atoms with Crippen molar-refractivity contribution >= 4 is 18.1 Å². The Balaban J connectivity index is 2.03. The van der Waals surface area contributed by atoms with E-state index < -0.39 is 5.97 Å². The first-order valence-corrected chi connectivity index (χ1v) is 6.55. The van der Waals surface area contributed by atoms with E-state index in [0.29, 0.717) is 11.3 Å². The van der Waals surface area contributed by atoms with Crippen LogP contribution in [0.15, 0.2) is 58.7 Å². The Morgan fingerprint density at radius 3 is 2.50 bits per heavy atom. The van der Waals surface area contributed by atoms with Gasteiger partial charge in [-0.25, -0.2) is 4.79 Å². The molecule has 0 aliphatic carbocycles. The molecule has 0 fully saturated rings. The van der Waals surface area contributed by atoms with Gasteiger partial charge in [0, 0.05) is 0 Å². The quantitative estimate of drug-likeness (QED) is 0.295. The predicted octanol–water partition coefficient (Wildman–Crippen LogP) is 1.82. The lowest BCUT2D eigenvalue weighted by Crippen LogP contribution is -2.21. The zero-order valence-corrected chi connectivity index (χ0v) is 12.1. The van der Waals surface area contributed by atoms with Crippen molar-refractivity contribution < 1.29 is 9.53 Å². The number of nitrogens with two attached hydrogens (primary N) is 2. The highest BCUT2D eigenvalue weighted by Crippen LogP contribution is 2.14. The second kappa shape index (κ2) is 7.03. The van der Waals surface area contributed by atoms with Crippen molar-refractivity contribution in [3.63, 3.8) is 0 Å². The summed E-state index contributed by atoms with van der Waals surface area (Å²) in [7, 11) is 0. The van der Waals surface area contributed by atoms with E-state index in [-0.39, 0.29) is 5.96 Å². The summed E-state index contributed by atoms with van der Waals surface area (Å²) in [6.45, 7) is 1.92. The summed E-state index contributed by atoms with van der Waals surface area (Å²) in [5, 5.41) is 7.19. The fourth-order valence-corrected chi connectivity index (χ4v) is 1.72. The fourth-order valence-electron chi connectivity index (χ4n) is 1.72. The van der Waals surface area contributed by atoms with Gasteiger partial charge in [-0.05, 0) is 48.9 Å². The molecule has 0 saturated heterocycles. The molecule has 6 heteroatoms. The van der Waals surface area contributed by atoms with E-state index in [1.54, 1.807) is 36.4 Å². The minimum atomic E-state index is -0.398. The Labute approximate surface area is 128 Å². The van der Waals surface area contributed by atoms with Crippen molar-refractivity contribution in [2.24, 2.45) is 21.7 Å². The first-order chi connectivity index (χ1) is 10.5. The summed E-state index contributed by atoms with van der Waals surface area (Å²) >= 11 is 0. The molecule has 0 atom stereocenters. The van der Waals surface area contributed by atoms with Crippen molar-refractivity contribution in [2.75, 3.05) is 0 Å². The van der Waals surface area contributed by atoms with E-state index in [9.17, 15) is 4.79 Å². The summed E-state index contributed by atoms with van der Waals surface area (Å²) < 4.78 is 5.30. The maximum absolute atomic E-state index is 12.0. The zero-order valence-electron chi connectivity index (χ0n) is 12.1. The summed E-state index contributed by atoms with van der Waals surface area (Å²) in [5.74, 6) is -0.0592. The average molecular weight is 296 g/mol. The number of carbonyl (C=O) groups is 1. The molecular formula is C16H16N4O2. The molecule has 0 bridgehead atoms. The molecule has 22 heavy (non-hydrogen) atoms. The van der Waals surface area contributed by atoms with Crippen molar-refractivity contribution in [3.8, 4) is 5.75 Å². The normalized spacial score (nSPS) is 10.4. The molecular weight excluding hydrogens is 280 g/mol. The van der Waals surface area contributed by atoms with Crippen LogP contribution in [0.2, 0.25) is 0 Å². The van der Waals surface area contributed by atoms with Gasteiger partial charge >= 0.3 is 5.97 Å². The number of carbonyl (C=O) groups excluding carboxylic acids is 1. The molecule has 0 heterocycles. The fraction of sp³-hybridized carbons (Fsp3) is 0.0625. The highest BCUT2D eigenvalue weighted by molar-refractivity contribution is 5.91. The summed E-state index contributed by atoms with van der Waals surface area (Å²) in [6, 6.07) is 14.0.